The minimum absolute atomic E-state index is 0.0437. The summed E-state index contributed by atoms with van der Waals surface area (Å²) in [5.74, 6) is 2.46. The van der Waals surface area contributed by atoms with Crippen LogP contribution in [0.1, 0.15) is 44.2 Å². The lowest BCUT2D eigenvalue weighted by atomic mass is 10.1. The zero-order chi connectivity index (χ0) is 22.9. The van der Waals surface area contributed by atoms with Crippen molar-refractivity contribution in [2.24, 2.45) is 0 Å². The number of rotatable bonds is 8. The molecule has 1 amide bonds. The monoisotopic (exact) mass is 444 g/mol. The van der Waals surface area contributed by atoms with Gasteiger partial charge in [-0.15, -0.1) is 0 Å². The highest BCUT2D eigenvalue weighted by atomic mass is 16.5. The summed E-state index contributed by atoms with van der Waals surface area (Å²) in [6, 6.07) is 10.5. The van der Waals surface area contributed by atoms with E-state index >= 15 is 0 Å². The highest BCUT2D eigenvalue weighted by Gasteiger charge is 2.24. The molecule has 1 saturated carbocycles. The van der Waals surface area contributed by atoms with Gasteiger partial charge in [-0.05, 0) is 56.0 Å². The Labute approximate surface area is 192 Å². The minimum Gasteiger partial charge on any atom is -0.491 e. The number of benzene rings is 1. The maximum atomic E-state index is 11.7. The number of nitrogens with one attached hydrogen (secondary N) is 3. The van der Waals surface area contributed by atoms with Crippen LogP contribution in [-0.2, 0) is 11.3 Å². The van der Waals surface area contributed by atoms with E-state index in [1.807, 2.05) is 48.7 Å². The second kappa shape index (κ2) is 8.61. The molecule has 1 aromatic carbocycles. The summed E-state index contributed by atoms with van der Waals surface area (Å²) < 4.78 is 7.63. The maximum Gasteiger partial charge on any atom is 0.228 e. The van der Waals surface area contributed by atoms with Crippen molar-refractivity contribution in [2.75, 3.05) is 10.6 Å². The normalized spacial score (nSPS) is 17.1. The first kappa shape index (κ1) is 21.1. The molecule has 0 bridgehead atoms. The molecule has 0 radical (unpaired) electrons. The van der Waals surface area contributed by atoms with Crippen LogP contribution in [0.5, 0.6) is 5.75 Å². The van der Waals surface area contributed by atoms with Gasteiger partial charge < -0.3 is 20.7 Å². The summed E-state index contributed by atoms with van der Waals surface area (Å²) in [6.45, 7) is 8.58. The number of fused-ring (bicyclic) bond motifs is 1. The van der Waals surface area contributed by atoms with Crippen LogP contribution in [0.25, 0.3) is 11.7 Å². The molecule has 1 aliphatic carbocycles. The number of aromatic nitrogens is 3. The fraction of sp³-hybridized carbons (Fsp3) is 0.320. The van der Waals surface area contributed by atoms with Gasteiger partial charge >= 0.3 is 0 Å². The number of anilines is 2. The van der Waals surface area contributed by atoms with Gasteiger partial charge in [0.25, 0.3) is 0 Å². The number of carbonyl (C=O) groups excluding carboxylic acids is 1. The molecule has 3 aromatic rings. The summed E-state index contributed by atoms with van der Waals surface area (Å²) in [6.07, 6.45) is 6.47. The van der Waals surface area contributed by atoms with Crippen LogP contribution in [0.4, 0.5) is 11.6 Å². The van der Waals surface area contributed by atoms with Gasteiger partial charge in [0.1, 0.15) is 17.4 Å². The molecule has 0 spiro atoms. The van der Waals surface area contributed by atoms with Crippen LogP contribution in [-0.4, -0.2) is 32.7 Å². The van der Waals surface area contributed by atoms with Crippen molar-refractivity contribution in [2.45, 2.75) is 51.8 Å². The van der Waals surface area contributed by atoms with Crippen LogP contribution >= 0.6 is 0 Å². The van der Waals surface area contributed by atoms with E-state index in [1.165, 1.54) is 0 Å². The molecule has 3 heterocycles. The van der Waals surface area contributed by atoms with Crippen molar-refractivity contribution in [3.8, 4) is 5.75 Å². The molecule has 3 N–H and O–H groups in total. The zero-order valence-electron chi connectivity index (χ0n) is 18.9. The Balaban J connectivity index is 1.44. The summed E-state index contributed by atoms with van der Waals surface area (Å²) in [5.41, 5.74) is 4.16. The first-order valence-corrected chi connectivity index (χ1v) is 11.3. The lowest BCUT2D eigenvalue weighted by molar-refractivity contribution is -0.118. The van der Waals surface area contributed by atoms with Crippen molar-refractivity contribution in [1.82, 2.24) is 19.9 Å². The molecule has 1 saturated heterocycles. The Morgan fingerprint density at radius 1 is 1.33 bits per heavy atom. The Hall–Kier alpha value is -3.81. The quantitative estimate of drug-likeness (QED) is 0.484. The average molecular weight is 445 g/mol. The van der Waals surface area contributed by atoms with Crippen LogP contribution in [0.2, 0.25) is 0 Å². The third kappa shape index (κ3) is 4.84. The molecule has 2 fully saturated rings. The summed E-state index contributed by atoms with van der Waals surface area (Å²) in [4.78, 5) is 16.6. The Bertz CT molecular complexity index is 1260. The fourth-order valence-corrected chi connectivity index (χ4v) is 3.80. The molecule has 2 aromatic heterocycles. The van der Waals surface area contributed by atoms with E-state index in [0.29, 0.717) is 24.7 Å². The molecule has 8 heteroatoms. The third-order valence-corrected chi connectivity index (χ3v) is 5.53. The summed E-state index contributed by atoms with van der Waals surface area (Å²) in [5, 5.41) is 14.3. The first-order valence-electron chi connectivity index (χ1n) is 11.3. The lowest BCUT2D eigenvalue weighted by Crippen LogP contribution is -2.10. The number of ether oxygens (including phenoxy) is 1. The minimum atomic E-state index is -0.0437. The Kier molecular flexibility index (Phi) is 5.50. The van der Waals surface area contributed by atoms with E-state index in [1.54, 1.807) is 6.20 Å². The highest BCUT2D eigenvalue weighted by molar-refractivity contribution is 5.89. The average Bonchev–Trinajstić information content (AvgIpc) is 3.40. The van der Waals surface area contributed by atoms with Crippen molar-refractivity contribution < 1.29 is 9.53 Å². The van der Waals surface area contributed by atoms with Crippen LogP contribution < -0.4 is 20.7 Å². The van der Waals surface area contributed by atoms with Gasteiger partial charge in [0.15, 0.2) is 5.65 Å². The molecule has 8 nitrogen and oxygen atoms in total. The van der Waals surface area contributed by atoms with Crippen molar-refractivity contribution in [3.05, 3.63) is 65.5 Å². The number of amides is 1. The van der Waals surface area contributed by atoms with E-state index in [9.17, 15) is 4.79 Å². The van der Waals surface area contributed by atoms with E-state index in [0.717, 1.165) is 52.6 Å². The predicted molar refractivity (Wildman–Crippen MR) is 129 cm³/mol. The Morgan fingerprint density at radius 3 is 2.91 bits per heavy atom. The molecule has 170 valence electrons. The number of hydrogen-bond acceptors (Lipinski definition) is 6. The van der Waals surface area contributed by atoms with Gasteiger partial charge in [-0.1, -0.05) is 18.7 Å². The van der Waals surface area contributed by atoms with E-state index in [2.05, 4.69) is 33.7 Å². The standard InChI is InChI=1S/C25H28N6O2/c1-15(2)33-21-6-4-5-17(9-21)13-26-22-12-23(29-20-7-8-20)31-25(30-22)19(14-27-31)10-18-11-24(32)28-16(18)3/h4-6,9-10,12,14-15,20,29H,3,7-8,11,13H2,1-2H3,(H,26,30)(H,28,32)/b18-10+. The molecular formula is C25H28N6O2. The van der Waals surface area contributed by atoms with Crippen molar-refractivity contribution in [3.63, 3.8) is 0 Å². The van der Waals surface area contributed by atoms with E-state index in [-0.39, 0.29) is 12.0 Å². The smallest absolute Gasteiger partial charge is 0.228 e. The van der Waals surface area contributed by atoms with Gasteiger partial charge in [-0.25, -0.2) is 4.98 Å². The molecule has 33 heavy (non-hydrogen) atoms. The predicted octanol–water partition coefficient (Wildman–Crippen LogP) is 4.12. The number of hydrogen-bond donors (Lipinski definition) is 3. The second-order valence-electron chi connectivity index (χ2n) is 8.82. The largest absolute Gasteiger partial charge is 0.491 e. The first-order chi connectivity index (χ1) is 15.9. The molecule has 5 rings (SSSR count). The van der Waals surface area contributed by atoms with Gasteiger partial charge in [-0.2, -0.15) is 9.61 Å². The van der Waals surface area contributed by atoms with Crippen LogP contribution in [0, 0.1) is 0 Å². The Morgan fingerprint density at radius 2 is 2.18 bits per heavy atom. The van der Waals surface area contributed by atoms with Gasteiger partial charge in [0, 0.05) is 29.9 Å². The van der Waals surface area contributed by atoms with Gasteiger partial charge in [-0.3, -0.25) is 4.79 Å². The molecule has 0 atom stereocenters. The van der Waals surface area contributed by atoms with Crippen molar-refractivity contribution in [1.29, 1.82) is 0 Å². The fourth-order valence-electron chi connectivity index (χ4n) is 3.80. The van der Waals surface area contributed by atoms with Crippen LogP contribution in [0.15, 0.2) is 54.4 Å². The second-order valence-corrected chi connectivity index (χ2v) is 8.82. The molecule has 1 aliphatic heterocycles. The topological polar surface area (TPSA) is 92.6 Å². The molecule has 2 aliphatic rings. The number of allylic oxidation sites excluding steroid dienone is 1. The van der Waals surface area contributed by atoms with E-state index in [4.69, 9.17) is 9.72 Å². The van der Waals surface area contributed by atoms with E-state index < -0.39 is 0 Å². The summed E-state index contributed by atoms with van der Waals surface area (Å²) in [7, 11) is 0. The zero-order valence-corrected chi connectivity index (χ0v) is 18.9. The number of carbonyl (C=O) groups is 1. The summed E-state index contributed by atoms with van der Waals surface area (Å²) >= 11 is 0. The third-order valence-electron chi connectivity index (χ3n) is 5.53. The van der Waals surface area contributed by atoms with Gasteiger partial charge in [0.05, 0.1) is 18.7 Å². The number of nitrogens with zero attached hydrogens (tertiary/aromatic N) is 3. The van der Waals surface area contributed by atoms with Crippen LogP contribution in [0.3, 0.4) is 0 Å². The highest BCUT2D eigenvalue weighted by Crippen LogP contribution is 2.29. The van der Waals surface area contributed by atoms with Crippen molar-refractivity contribution >= 4 is 29.3 Å². The molecular weight excluding hydrogens is 416 g/mol. The lowest BCUT2D eigenvalue weighted by Gasteiger charge is -2.13. The molecule has 0 unspecified atom stereocenters. The maximum absolute atomic E-state index is 11.7. The van der Waals surface area contributed by atoms with Gasteiger partial charge in [0.2, 0.25) is 5.91 Å². The SMILES string of the molecule is C=C1NC(=O)C/C1=C\c1cnn2c(NC3CC3)cc(NCc3cccc(OC(C)C)c3)nc12.